The van der Waals surface area contributed by atoms with E-state index in [0.29, 0.717) is 29.1 Å². The van der Waals surface area contributed by atoms with Gasteiger partial charge in [0.25, 0.3) is 0 Å². The van der Waals surface area contributed by atoms with Crippen LogP contribution >= 0.6 is 11.6 Å². The first-order chi connectivity index (χ1) is 32.6. The van der Waals surface area contributed by atoms with E-state index in [1.807, 2.05) is 97.1 Å². The number of hydrogen-bond donors (Lipinski definition) is 0. The van der Waals surface area contributed by atoms with Gasteiger partial charge in [-0.1, -0.05) is 237 Å². The molecule has 0 atom stereocenters. The van der Waals surface area contributed by atoms with E-state index in [1.165, 1.54) is 38.6 Å². The molecule has 9 aromatic carbocycles. The van der Waals surface area contributed by atoms with Crippen molar-refractivity contribution in [2.75, 3.05) is 0 Å². The van der Waals surface area contributed by atoms with Crippen molar-refractivity contribution in [3.63, 3.8) is 0 Å². The van der Waals surface area contributed by atoms with Gasteiger partial charge in [0.15, 0.2) is 29.1 Å². The Balaban J connectivity index is 0.000000212. The summed E-state index contributed by atoms with van der Waals surface area (Å²) in [5, 5.41) is 2.66. The Morgan fingerprint density at radius 3 is 1.17 bits per heavy atom. The number of aromatic nitrogens is 6. The second kappa shape index (κ2) is 17.6. The first-order valence-corrected chi connectivity index (χ1v) is 22.2. The van der Waals surface area contributed by atoms with Crippen molar-refractivity contribution in [2.24, 2.45) is 0 Å². The van der Waals surface area contributed by atoms with E-state index < -0.39 is 5.41 Å². The minimum absolute atomic E-state index is 0.202. The van der Waals surface area contributed by atoms with Gasteiger partial charge in [-0.2, -0.15) is 9.97 Å². The number of rotatable bonds is 7. The molecular weight excluding hydrogens is 828 g/mol. The minimum Gasteiger partial charge on any atom is -0.208 e. The predicted octanol–water partition coefficient (Wildman–Crippen LogP) is 14.2. The van der Waals surface area contributed by atoms with Crippen LogP contribution in [0.1, 0.15) is 22.3 Å². The molecule has 1 aliphatic rings. The number of hydrogen-bond acceptors (Lipinski definition) is 6. The lowest BCUT2D eigenvalue weighted by atomic mass is 9.66. The Bertz CT molecular complexity index is 3310. The largest absolute Gasteiger partial charge is 0.226 e. The second-order valence-corrected chi connectivity index (χ2v) is 16.3. The van der Waals surface area contributed by atoms with Gasteiger partial charge in [-0.15, -0.1) is 0 Å². The van der Waals surface area contributed by atoms with Gasteiger partial charge in [0.2, 0.25) is 5.28 Å². The van der Waals surface area contributed by atoms with Crippen LogP contribution in [0.2, 0.25) is 5.28 Å². The molecule has 0 spiro atoms. The zero-order valence-electron chi connectivity index (χ0n) is 35.6. The van der Waals surface area contributed by atoms with Crippen molar-refractivity contribution in [3.05, 3.63) is 264 Å². The van der Waals surface area contributed by atoms with E-state index in [2.05, 4.69) is 154 Å². The maximum atomic E-state index is 5.99. The van der Waals surface area contributed by atoms with Crippen molar-refractivity contribution in [2.45, 2.75) is 5.41 Å². The van der Waals surface area contributed by atoms with Crippen LogP contribution in [0.5, 0.6) is 0 Å². The lowest BCUT2D eigenvalue weighted by Crippen LogP contribution is -2.28. The van der Waals surface area contributed by atoms with Crippen molar-refractivity contribution in [3.8, 4) is 68.1 Å². The molecule has 66 heavy (non-hydrogen) atoms. The molecule has 0 N–H and O–H groups in total. The molecule has 1 aliphatic carbocycles. The summed E-state index contributed by atoms with van der Waals surface area (Å²) in [5.41, 5.74) is 11.5. The zero-order valence-corrected chi connectivity index (χ0v) is 36.3. The highest BCUT2D eigenvalue weighted by atomic mass is 35.5. The highest BCUT2D eigenvalue weighted by Crippen LogP contribution is 2.59. The monoisotopic (exact) mass is 866 g/mol. The molecule has 7 heteroatoms. The fourth-order valence-corrected chi connectivity index (χ4v) is 9.37. The first-order valence-electron chi connectivity index (χ1n) is 21.8. The van der Waals surface area contributed by atoms with Crippen LogP contribution in [0.3, 0.4) is 0 Å². The summed E-state index contributed by atoms with van der Waals surface area (Å²) in [6.45, 7) is 0. The van der Waals surface area contributed by atoms with Crippen LogP contribution in [0, 0.1) is 0 Å². The minimum atomic E-state index is -0.554. The molecule has 6 nitrogen and oxygen atoms in total. The lowest BCUT2D eigenvalue weighted by molar-refractivity contribution is 0.775. The SMILES string of the molecule is Clc1nc(-c2ccccc2)nc(-c2ccccc2)n1.c1ccc(-c2nc(-c3ccccc3)nc(-c3cccc4c3-c3ccc5ccccc5c3C4(c3ccccc3)c3ccccc3)n2)cc1. The fourth-order valence-electron chi connectivity index (χ4n) is 9.21. The van der Waals surface area contributed by atoms with E-state index in [4.69, 9.17) is 26.6 Å². The number of nitrogens with zero attached hydrogens (tertiary/aromatic N) is 6. The molecule has 0 aliphatic heterocycles. The number of halogens is 1. The summed E-state index contributed by atoms with van der Waals surface area (Å²) in [5.74, 6) is 3.13. The van der Waals surface area contributed by atoms with Gasteiger partial charge in [0.1, 0.15) is 0 Å². The molecule has 12 rings (SSSR count). The summed E-state index contributed by atoms with van der Waals surface area (Å²) in [7, 11) is 0. The number of fused-ring (bicyclic) bond motifs is 5. The quantitative estimate of drug-likeness (QED) is 0.159. The topological polar surface area (TPSA) is 77.3 Å². The van der Waals surface area contributed by atoms with E-state index in [1.54, 1.807) is 0 Å². The molecule has 0 radical (unpaired) electrons. The van der Waals surface area contributed by atoms with Crippen LogP contribution in [-0.4, -0.2) is 29.9 Å². The van der Waals surface area contributed by atoms with Crippen LogP contribution in [0.15, 0.2) is 237 Å². The van der Waals surface area contributed by atoms with Crippen LogP contribution in [0.25, 0.3) is 78.8 Å². The van der Waals surface area contributed by atoms with Crippen molar-refractivity contribution < 1.29 is 0 Å². The van der Waals surface area contributed by atoms with Gasteiger partial charge >= 0.3 is 0 Å². The van der Waals surface area contributed by atoms with E-state index in [0.717, 1.165) is 33.4 Å². The van der Waals surface area contributed by atoms with Crippen molar-refractivity contribution >= 4 is 22.4 Å². The third-order valence-electron chi connectivity index (χ3n) is 12.1. The third kappa shape index (κ3) is 7.39. The molecule has 0 unspecified atom stereocenters. The van der Waals surface area contributed by atoms with Gasteiger partial charge in [-0.25, -0.2) is 19.9 Å². The fraction of sp³-hybridized carbons (Fsp3) is 0.0169. The standard InChI is InChI=1S/C44H29N3.C15H10ClN3/c1-5-17-31(18-6-1)41-45-42(32-19-7-2-8-20-32)47-43(46-41)37-26-15-27-38-39(37)36-29-28-30-16-13-14-25-35(30)40(36)44(38,33-21-9-3-10-22-33)34-23-11-4-12-24-34;16-15-18-13(11-7-3-1-4-8-11)17-14(19-15)12-9-5-2-6-10-12/h1-29H;1-10H. The van der Waals surface area contributed by atoms with E-state index >= 15 is 0 Å². The van der Waals surface area contributed by atoms with E-state index in [9.17, 15) is 0 Å². The second-order valence-electron chi connectivity index (χ2n) is 15.9. The highest BCUT2D eigenvalue weighted by Gasteiger charge is 2.48. The maximum Gasteiger partial charge on any atom is 0.226 e. The molecule has 0 saturated carbocycles. The molecule has 2 aromatic heterocycles. The van der Waals surface area contributed by atoms with Crippen LogP contribution in [-0.2, 0) is 5.41 Å². The van der Waals surface area contributed by atoms with E-state index in [-0.39, 0.29) is 5.28 Å². The first kappa shape index (κ1) is 40.3. The Morgan fingerprint density at radius 2 is 0.697 bits per heavy atom. The molecule has 0 fully saturated rings. The zero-order chi connectivity index (χ0) is 44.3. The van der Waals surface area contributed by atoms with Gasteiger partial charge in [0, 0.05) is 27.8 Å². The smallest absolute Gasteiger partial charge is 0.208 e. The molecule has 0 amide bonds. The summed E-state index contributed by atoms with van der Waals surface area (Å²) in [6, 6.07) is 81.6. The van der Waals surface area contributed by atoms with Gasteiger partial charge in [0.05, 0.1) is 5.41 Å². The summed E-state index contributed by atoms with van der Waals surface area (Å²) < 4.78 is 0. The molecule has 312 valence electrons. The normalized spacial score (nSPS) is 12.1. The average molecular weight is 867 g/mol. The van der Waals surface area contributed by atoms with Crippen LogP contribution < -0.4 is 0 Å². The third-order valence-corrected chi connectivity index (χ3v) is 12.2. The van der Waals surface area contributed by atoms with Crippen molar-refractivity contribution in [1.29, 1.82) is 0 Å². The molecule has 2 heterocycles. The summed E-state index contributed by atoms with van der Waals surface area (Å²) in [4.78, 5) is 28.2. The Morgan fingerprint density at radius 1 is 0.303 bits per heavy atom. The van der Waals surface area contributed by atoms with Gasteiger partial charge in [-0.3, -0.25) is 0 Å². The van der Waals surface area contributed by atoms with Crippen molar-refractivity contribution in [1.82, 2.24) is 29.9 Å². The predicted molar refractivity (Wildman–Crippen MR) is 267 cm³/mol. The Kier molecular flexibility index (Phi) is 10.8. The van der Waals surface area contributed by atoms with Gasteiger partial charge in [-0.05, 0) is 55.8 Å². The van der Waals surface area contributed by atoms with Gasteiger partial charge < -0.3 is 0 Å². The maximum absolute atomic E-state index is 5.99. The molecule has 0 bridgehead atoms. The molecule has 11 aromatic rings. The molecular formula is C59H39ClN6. The molecule has 0 saturated heterocycles. The highest BCUT2D eigenvalue weighted by molar-refractivity contribution is 6.28. The Labute approximate surface area is 388 Å². The number of benzene rings is 9. The average Bonchev–Trinajstić information content (AvgIpc) is 3.72. The Hall–Kier alpha value is -8.45. The van der Waals surface area contributed by atoms with Crippen LogP contribution in [0.4, 0.5) is 0 Å². The summed E-state index contributed by atoms with van der Waals surface area (Å²) >= 11 is 5.99. The summed E-state index contributed by atoms with van der Waals surface area (Å²) in [6.07, 6.45) is 0. The lowest BCUT2D eigenvalue weighted by Gasteiger charge is -2.34.